The minimum atomic E-state index is -0.155. The topological polar surface area (TPSA) is 72.1 Å². The summed E-state index contributed by atoms with van der Waals surface area (Å²) in [5, 5.41) is 7.33. The highest BCUT2D eigenvalue weighted by Crippen LogP contribution is 2.16. The number of benzene rings is 1. The van der Waals surface area contributed by atoms with Crippen LogP contribution in [-0.2, 0) is 0 Å². The Morgan fingerprint density at radius 3 is 2.37 bits per heavy atom. The fraction of sp³-hybridized carbons (Fsp3) is 0.0769. The van der Waals surface area contributed by atoms with Gasteiger partial charge in [0, 0.05) is 18.3 Å². The van der Waals surface area contributed by atoms with Gasteiger partial charge in [-0.15, -0.1) is 0 Å². The minimum absolute atomic E-state index is 0.155. The molecule has 0 aliphatic rings. The zero-order chi connectivity index (χ0) is 13.8. The van der Waals surface area contributed by atoms with E-state index in [2.05, 4.69) is 10.2 Å². The van der Waals surface area contributed by atoms with Crippen LogP contribution in [0.3, 0.4) is 0 Å². The number of nitrogens with two attached hydrogens (primary N) is 1. The molecule has 0 saturated carbocycles. The van der Waals surface area contributed by atoms with Gasteiger partial charge in [-0.25, -0.2) is 0 Å². The zero-order valence-corrected chi connectivity index (χ0v) is 11.1. The maximum Gasteiger partial charge on any atom is 0.259 e. The van der Waals surface area contributed by atoms with Gasteiger partial charge < -0.3 is 10.6 Å². The van der Waals surface area contributed by atoms with Crippen LogP contribution in [0.5, 0.6) is 0 Å². The molecular weight excluding hydrogens is 260 g/mol. The lowest BCUT2D eigenvalue weighted by atomic mass is 10.2. The number of thiocarbonyl (C=S) groups is 1. The van der Waals surface area contributed by atoms with E-state index in [0.29, 0.717) is 10.6 Å². The molecule has 0 saturated heterocycles. The third kappa shape index (κ3) is 2.92. The first kappa shape index (κ1) is 13.1. The first-order chi connectivity index (χ1) is 9.09. The van der Waals surface area contributed by atoms with Crippen molar-refractivity contribution in [2.24, 2.45) is 5.73 Å². The van der Waals surface area contributed by atoms with E-state index < -0.39 is 0 Å². The Morgan fingerprint density at radius 1 is 1.16 bits per heavy atom. The molecule has 2 N–H and O–H groups in total. The van der Waals surface area contributed by atoms with Crippen LogP contribution in [0.4, 0.5) is 5.69 Å². The summed E-state index contributed by atoms with van der Waals surface area (Å²) in [6.45, 7) is 0. The van der Waals surface area contributed by atoms with Crippen molar-refractivity contribution in [2.75, 3.05) is 11.9 Å². The predicted molar refractivity (Wildman–Crippen MR) is 77.1 cm³/mol. The summed E-state index contributed by atoms with van der Waals surface area (Å²) in [7, 11) is 1.69. The average Bonchev–Trinajstić information content (AvgIpc) is 2.46. The van der Waals surface area contributed by atoms with Crippen molar-refractivity contribution in [1.82, 2.24) is 10.2 Å². The van der Waals surface area contributed by atoms with Crippen molar-refractivity contribution in [2.45, 2.75) is 0 Å². The van der Waals surface area contributed by atoms with E-state index in [1.165, 1.54) is 17.3 Å². The summed E-state index contributed by atoms with van der Waals surface area (Å²) >= 11 is 4.88. The SMILES string of the molecule is CN(C(=O)c1ccnnc1)c1ccc(C(N)=S)cc1. The van der Waals surface area contributed by atoms with E-state index in [-0.39, 0.29) is 5.91 Å². The summed E-state index contributed by atoms with van der Waals surface area (Å²) in [5.74, 6) is -0.155. The number of hydrogen-bond donors (Lipinski definition) is 1. The van der Waals surface area contributed by atoms with Crippen molar-refractivity contribution in [3.05, 3.63) is 53.9 Å². The Hall–Kier alpha value is -2.34. The summed E-state index contributed by atoms with van der Waals surface area (Å²) in [6.07, 6.45) is 2.92. The van der Waals surface area contributed by atoms with Crippen LogP contribution < -0.4 is 10.6 Å². The van der Waals surface area contributed by atoms with Crippen LogP contribution in [0.15, 0.2) is 42.7 Å². The van der Waals surface area contributed by atoms with Gasteiger partial charge in [0.05, 0.1) is 18.0 Å². The van der Waals surface area contributed by atoms with Crippen molar-refractivity contribution >= 4 is 28.8 Å². The number of amides is 1. The average molecular weight is 272 g/mol. The summed E-state index contributed by atoms with van der Waals surface area (Å²) < 4.78 is 0. The largest absolute Gasteiger partial charge is 0.389 e. The molecule has 1 amide bonds. The quantitative estimate of drug-likeness (QED) is 0.855. The first-order valence-electron chi connectivity index (χ1n) is 5.54. The molecule has 0 bridgehead atoms. The van der Waals surface area contributed by atoms with Gasteiger partial charge in [-0.2, -0.15) is 10.2 Å². The third-order valence-electron chi connectivity index (χ3n) is 2.67. The number of hydrogen-bond acceptors (Lipinski definition) is 4. The standard InChI is InChI=1S/C13H12N4OS/c1-17(13(18)10-6-7-15-16-8-10)11-4-2-9(3-5-11)12(14)19/h2-8H,1H3,(H2,14,19). The van der Waals surface area contributed by atoms with E-state index in [1.807, 2.05) is 0 Å². The zero-order valence-electron chi connectivity index (χ0n) is 10.3. The number of rotatable bonds is 3. The highest BCUT2D eigenvalue weighted by molar-refractivity contribution is 7.80. The van der Waals surface area contributed by atoms with Gasteiger partial charge in [0.1, 0.15) is 4.99 Å². The van der Waals surface area contributed by atoms with E-state index in [9.17, 15) is 4.79 Å². The van der Waals surface area contributed by atoms with Crippen molar-refractivity contribution in [1.29, 1.82) is 0 Å². The van der Waals surface area contributed by atoms with Crippen LogP contribution in [0, 0.1) is 0 Å². The minimum Gasteiger partial charge on any atom is -0.389 e. The number of carbonyl (C=O) groups is 1. The highest BCUT2D eigenvalue weighted by Gasteiger charge is 2.13. The number of carbonyl (C=O) groups excluding carboxylic acids is 1. The van der Waals surface area contributed by atoms with E-state index in [4.69, 9.17) is 18.0 Å². The molecule has 1 aromatic heterocycles. The monoisotopic (exact) mass is 272 g/mol. The smallest absolute Gasteiger partial charge is 0.259 e. The van der Waals surface area contributed by atoms with Crippen molar-refractivity contribution < 1.29 is 4.79 Å². The molecule has 96 valence electrons. The van der Waals surface area contributed by atoms with Gasteiger partial charge in [0.25, 0.3) is 5.91 Å². The van der Waals surface area contributed by atoms with Gasteiger partial charge in [-0.1, -0.05) is 12.2 Å². The second-order valence-corrected chi connectivity index (χ2v) is 4.35. The predicted octanol–water partition coefficient (Wildman–Crippen LogP) is 1.39. The molecule has 5 nitrogen and oxygen atoms in total. The molecule has 0 spiro atoms. The molecule has 2 rings (SSSR count). The van der Waals surface area contributed by atoms with Crippen LogP contribution >= 0.6 is 12.2 Å². The summed E-state index contributed by atoms with van der Waals surface area (Å²) in [4.78, 5) is 14.0. The fourth-order valence-electron chi connectivity index (χ4n) is 1.58. The molecule has 0 aliphatic carbocycles. The summed E-state index contributed by atoms with van der Waals surface area (Å²) in [5.41, 5.74) is 7.53. The van der Waals surface area contributed by atoms with Gasteiger partial charge in [-0.05, 0) is 30.3 Å². The second-order valence-electron chi connectivity index (χ2n) is 3.91. The van der Waals surface area contributed by atoms with E-state index >= 15 is 0 Å². The number of nitrogens with zero attached hydrogens (tertiary/aromatic N) is 3. The lowest BCUT2D eigenvalue weighted by Crippen LogP contribution is -2.26. The Balaban J connectivity index is 2.22. The van der Waals surface area contributed by atoms with Gasteiger partial charge in [-0.3, -0.25) is 4.79 Å². The molecule has 0 atom stereocenters. The molecule has 1 heterocycles. The maximum atomic E-state index is 12.2. The lowest BCUT2D eigenvalue weighted by molar-refractivity contribution is 0.0992. The van der Waals surface area contributed by atoms with Gasteiger partial charge in [0.15, 0.2) is 0 Å². The summed E-state index contributed by atoms with van der Waals surface area (Å²) in [6, 6.07) is 8.77. The van der Waals surface area contributed by atoms with Crippen LogP contribution in [0.2, 0.25) is 0 Å². The molecule has 1 aromatic carbocycles. The fourth-order valence-corrected chi connectivity index (χ4v) is 1.71. The van der Waals surface area contributed by atoms with Gasteiger partial charge in [0.2, 0.25) is 0 Å². The highest BCUT2D eigenvalue weighted by atomic mass is 32.1. The third-order valence-corrected chi connectivity index (χ3v) is 2.91. The van der Waals surface area contributed by atoms with Crippen LogP contribution in [0.1, 0.15) is 15.9 Å². The number of anilines is 1. The molecule has 0 aliphatic heterocycles. The molecule has 0 unspecified atom stereocenters. The second kappa shape index (κ2) is 5.53. The van der Waals surface area contributed by atoms with Crippen molar-refractivity contribution in [3.63, 3.8) is 0 Å². The molecule has 0 radical (unpaired) electrons. The Labute approximate surface area is 116 Å². The van der Waals surface area contributed by atoms with E-state index in [1.54, 1.807) is 37.4 Å². The molecular formula is C13H12N4OS. The maximum absolute atomic E-state index is 12.2. The Morgan fingerprint density at radius 2 is 1.84 bits per heavy atom. The Bertz CT molecular complexity index is 598. The van der Waals surface area contributed by atoms with Crippen LogP contribution in [0.25, 0.3) is 0 Å². The van der Waals surface area contributed by atoms with Crippen LogP contribution in [-0.4, -0.2) is 28.1 Å². The Kier molecular flexibility index (Phi) is 3.82. The van der Waals surface area contributed by atoms with E-state index in [0.717, 1.165) is 11.3 Å². The lowest BCUT2D eigenvalue weighted by Gasteiger charge is -2.17. The molecule has 6 heteroatoms. The number of aromatic nitrogens is 2. The van der Waals surface area contributed by atoms with Crippen molar-refractivity contribution in [3.8, 4) is 0 Å². The normalized spacial score (nSPS) is 9.95. The molecule has 0 fully saturated rings. The first-order valence-corrected chi connectivity index (χ1v) is 5.95. The molecule has 19 heavy (non-hydrogen) atoms. The molecule has 2 aromatic rings. The van der Waals surface area contributed by atoms with Gasteiger partial charge >= 0.3 is 0 Å².